The van der Waals surface area contributed by atoms with Crippen LogP contribution in [-0.2, 0) is 9.84 Å². The van der Waals surface area contributed by atoms with E-state index in [1.165, 1.54) is 0 Å². The monoisotopic (exact) mass is 287 g/mol. The second-order valence-electron chi connectivity index (χ2n) is 4.25. The first-order valence-electron chi connectivity index (χ1n) is 6.18. The Morgan fingerprint density at radius 1 is 1.26 bits per heavy atom. The first-order chi connectivity index (χ1) is 9.01. The van der Waals surface area contributed by atoms with Gasteiger partial charge >= 0.3 is 0 Å². The number of rotatable bonds is 8. The molecule has 6 heteroatoms. The van der Waals surface area contributed by atoms with Crippen LogP contribution in [0.3, 0.4) is 0 Å². The molecule has 0 saturated heterocycles. The molecular weight excluding hydrogens is 266 g/mol. The quantitative estimate of drug-likeness (QED) is 0.778. The van der Waals surface area contributed by atoms with Gasteiger partial charge in [-0.25, -0.2) is 8.42 Å². The molecule has 0 heterocycles. The van der Waals surface area contributed by atoms with Gasteiger partial charge in [0.15, 0.2) is 21.3 Å². The van der Waals surface area contributed by atoms with Crippen molar-refractivity contribution in [3.63, 3.8) is 0 Å². The Labute approximate surface area is 114 Å². The lowest BCUT2D eigenvalue weighted by molar-refractivity contribution is 0.311. The summed E-state index contributed by atoms with van der Waals surface area (Å²) < 4.78 is 34.4. The van der Waals surface area contributed by atoms with Crippen molar-refractivity contribution >= 4 is 9.84 Å². The van der Waals surface area contributed by atoms with Crippen LogP contribution in [0.1, 0.15) is 13.3 Å². The highest BCUT2D eigenvalue weighted by Gasteiger charge is 2.20. The van der Waals surface area contributed by atoms with Crippen LogP contribution in [-0.4, -0.2) is 39.7 Å². The summed E-state index contributed by atoms with van der Waals surface area (Å²) in [5.41, 5.74) is 5.37. The Bertz CT molecular complexity index is 487. The third-order valence-corrected chi connectivity index (χ3v) is 5.08. The van der Waals surface area contributed by atoms with Crippen molar-refractivity contribution in [3.8, 4) is 11.5 Å². The molecule has 0 aliphatic rings. The Hall–Kier alpha value is -1.27. The molecule has 1 unspecified atom stereocenters. The molecule has 0 aliphatic heterocycles. The number of sulfone groups is 1. The average Bonchev–Trinajstić information content (AvgIpc) is 2.39. The number of benzene rings is 1. The molecule has 0 saturated carbocycles. The molecule has 0 radical (unpaired) electrons. The van der Waals surface area contributed by atoms with Crippen LogP contribution in [0.25, 0.3) is 0 Å². The average molecular weight is 287 g/mol. The molecule has 2 N–H and O–H groups in total. The number of methoxy groups -OCH3 is 1. The molecule has 0 fully saturated rings. The summed E-state index contributed by atoms with van der Waals surface area (Å²) >= 11 is 0. The van der Waals surface area contributed by atoms with Crippen LogP contribution in [0.2, 0.25) is 0 Å². The van der Waals surface area contributed by atoms with E-state index < -0.39 is 15.1 Å². The number of hydrogen-bond acceptors (Lipinski definition) is 5. The largest absolute Gasteiger partial charge is 0.493 e. The van der Waals surface area contributed by atoms with Crippen molar-refractivity contribution < 1.29 is 17.9 Å². The van der Waals surface area contributed by atoms with Crippen LogP contribution in [0.15, 0.2) is 24.3 Å². The summed E-state index contributed by atoms with van der Waals surface area (Å²) in [4.78, 5) is 0. The van der Waals surface area contributed by atoms with Gasteiger partial charge in [0.25, 0.3) is 0 Å². The lowest BCUT2D eigenvalue weighted by Crippen LogP contribution is -2.26. The number of hydrogen-bond donors (Lipinski definition) is 1. The predicted molar refractivity (Wildman–Crippen MR) is 75.4 cm³/mol. The summed E-state index contributed by atoms with van der Waals surface area (Å²) in [6.45, 7) is 2.15. The first-order valence-corrected chi connectivity index (χ1v) is 7.90. The maximum absolute atomic E-state index is 11.9. The van der Waals surface area contributed by atoms with Crippen LogP contribution < -0.4 is 15.2 Å². The Morgan fingerprint density at radius 3 is 2.47 bits per heavy atom. The van der Waals surface area contributed by atoms with Gasteiger partial charge in [0.2, 0.25) is 0 Å². The fourth-order valence-electron chi connectivity index (χ4n) is 1.62. The molecule has 19 heavy (non-hydrogen) atoms. The fourth-order valence-corrected chi connectivity index (χ4v) is 2.83. The van der Waals surface area contributed by atoms with E-state index in [1.807, 2.05) is 12.1 Å². The summed E-state index contributed by atoms with van der Waals surface area (Å²) in [6.07, 6.45) is 0.469. The molecule has 0 aliphatic carbocycles. The standard InChI is InChI=1S/C13H21NO4S/c1-11(7-8-14)19(15,16)10-9-18-13-6-4-3-5-12(13)17-2/h3-6,11H,7-10,14H2,1-2H3. The molecule has 108 valence electrons. The SMILES string of the molecule is COc1ccccc1OCCS(=O)(=O)C(C)CCN. The zero-order chi connectivity index (χ0) is 14.3. The van der Waals surface area contributed by atoms with E-state index in [4.69, 9.17) is 15.2 Å². The molecule has 5 nitrogen and oxygen atoms in total. The van der Waals surface area contributed by atoms with Crippen molar-refractivity contribution in [2.24, 2.45) is 5.73 Å². The molecule has 1 rings (SSSR count). The van der Waals surface area contributed by atoms with Gasteiger partial charge in [-0.05, 0) is 32.0 Å². The molecule has 1 atom stereocenters. The van der Waals surface area contributed by atoms with Gasteiger partial charge in [-0.15, -0.1) is 0 Å². The smallest absolute Gasteiger partial charge is 0.161 e. The highest BCUT2D eigenvalue weighted by atomic mass is 32.2. The van der Waals surface area contributed by atoms with Gasteiger partial charge in [-0.2, -0.15) is 0 Å². The lowest BCUT2D eigenvalue weighted by Gasteiger charge is -2.13. The molecule has 0 amide bonds. The molecular formula is C13H21NO4S. The highest BCUT2D eigenvalue weighted by molar-refractivity contribution is 7.92. The summed E-state index contributed by atoms with van der Waals surface area (Å²) in [6, 6.07) is 7.14. The van der Waals surface area contributed by atoms with E-state index in [9.17, 15) is 8.42 Å². The van der Waals surface area contributed by atoms with Crippen LogP contribution >= 0.6 is 0 Å². The molecule has 0 aromatic heterocycles. The summed E-state index contributed by atoms with van der Waals surface area (Å²) in [5.74, 6) is 1.12. The Balaban J connectivity index is 2.54. The van der Waals surface area contributed by atoms with E-state index in [0.29, 0.717) is 24.5 Å². The Morgan fingerprint density at radius 2 is 1.89 bits per heavy atom. The maximum Gasteiger partial charge on any atom is 0.161 e. The maximum atomic E-state index is 11.9. The molecule has 0 spiro atoms. The van der Waals surface area contributed by atoms with E-state index in [-0.39, 0.29) is 12.4 Å². The number of ether oxygens (including phenoxy) is 2. The fraction of sp³-hybridized carbons (Fsp3) is 0.538. The van der Waals surface area contributed by atoms with Crippen molar-refractivity contribution in [1.29, 1.82) is 0 Å². The van der Waals surface area contributed by atoms with Crippen molar-refractivity contribution in [3.05, 3.63) is 24.3 Å². The third kappa shape index (κ3) is 4.72. The van der Waals surface area contributed by atoms with Gasteiger partial charge in [0.1, 0.15) is 6.61 Å². The molecule has 1 aromatic carbocycles. The second-order valence-corrected chi connectivity index (χ2v) is 6.79. The second kappa shape index (κ2) is 7.35. The Kier molecular flexibility index (Phi) is 6.11. The van der Waals surface area contributed by atoms with Gasteiger partial charge in [-0.3, -0.25) is 0 Å². The topological polar surface area (TPSA) is 78.6 Å². The van der Waals surface area contributed by atoms with E-state index >= 15 is 0 Å². The summed E-state index contributed by atoms with van der Waals surface area (Å²) in [7, 11) is -1.61. The number of nitrogens with two attached hydrogens (primary N) is 1. The minimum Gasteiger partial charge on any atom is -0.493 e. The van der Waals surface area contributed by atoms with E-state index in [1.54, 1.807) is 26.2 Å². The van der Waals surface area contributed by atoms with Gasteiger partial charge in [0, 0.05) is 0 Å². The number of para-hydroxylation sites is 2. The minimum atomic E-state index is -3.16. The van der Waals surface area contributed by atoms with Crippen LogP contribution in [0.4, 0.5) is 0 Å². The predicted octanol–water partition coefficient (Wildman–Crippen LogP) is 1.23. The minimum absolute atomic E-state index is 0.0216. The van der Waals surface area contributed by atoms with Gasteiger partial charge in [-0.1, -0.05) is 12.1 Å². The molecule has 1 aromatic rings. The van der Waals surface area contributed by atoms with Crippen molar-refractivity contribution in [2.75, 3.05) is 26.0 Å². The third-order valence-electron chi connectivity index (χ3n) is 2.88. The van der Waals surface area contributed by atoms with E-state index in [0.717, 1.165) is 0 Å². The van der Waals surface area contributed by atoms with E-state index in [2.05, 4.69) is 0 Å². The zero-order valence-electron chi connectivity index (χ0n) is 11.3. The van der Waals surface area contributed by atoms with Crippen molar-refractivity contribution in [2.45, 2.75) is 18.6 Å². The van der Waals surface area contributed by atoms with Crippen LogP contribution in [0.5, 0.6) is 11.5 Å². The van der Waals surface area contributed by atoms with Gasteiger partial charge < -0.3 is 15.2 Å². The van der Waals surface area contributed by atoms with Gasteiger partial charge in [0.05, 0.1) is 18.1 Å². The normalized spacial score (nSPS) is 13.0. The first kappa shape index (κ1) is 15.8. The molecule has 0 bridgehead atoms. The summed E-state index contributed by atoms with van der Waals surface area (Å²) in [5, 5.41) is -0.432. The zero-order valence-corrected chi connectivity index (χ0v) is 12.2. The highest BCUT2D eigenvalue weighted by Crippen LogP contribution is 2.25. The van der Waals surface area contributed by atoms with Crippen molar-refractivity contribution in [1.82, 2.24) is 0 Å². The lowest BCUT2D eigenvalue weighted by atomic mass is 10.3. The van der Waals surface area contributed by atoms with Crippen LogP contribution in [0, 0.1) is 0 Å².